The van der Waals surface area contributed by atoms with Gasteiger partial charge in [-0.3, -0.25) is 14.2 Å². The molecular weight excluding hydrogens is 388 g/mol. The molecule has 2 aromatic heterocycles. The standard InChI is InChI=1S/C19H19ClN2O4S/c1-12-13(2)27-18-17(12)19(24)22(11-21-18)7-6-16(23)26-9-8-25-15-5-3-4-14(20)10-15/h3-5,10-11H,6-9H2,1-2H3. The molecule has 0 saturated carbocycles. The van der Waals surface area contributed by atoms with Crippen molar-refractivity contribution >= 4 is 39.1 Å². The van der Waals surface area contributed by atoms with Crippen LogP contribution in [-0.2, 0) is 16.1 Å². The summed E-state index contributed by atoms with van der Waals surface area (Å²) in [5.41, 5.74) is 0.821. The molecule has 1 aromatic carbocycles. The number of rotatable bonds is 7. The number of thiophene rings is 1. The lowest BCUT2D eigenvalue weighted by atomic mass is 10.2. The van der Waals surface area contributed by atoms with Crippen LogP contribution in [0.2, 0.25) is 5.02 Å². The summed E-state index contributed by atoms with van der Waals surface area (Å²) < 4.78 is 12.0. The van der Waals surface area contributed by atoms with E-state index in [4.69, 9.17) is 21.1 Å². The normalized spacial score (nSPS) is 10.9. The Morgan fingerprint density at radius 1 is 1.30 bits per heavy atom. The molecule has 3 aromatic rings. The van der Waals surface area contributed by atoms with Crippen LogP contribution in [0.25, 0.3) is 10.2 Å². The van der Waals surface area contributed by atoms with Crippen molar-refractivity contribution in [3.63, 3.8) is 0 Å². The number of carbonyl (C=O) groups excluding carboxylic acids is 1. The summed E-state index contributed by atoms with van der Waals surface area (Å²) in [5.74, 6) is 0.223. The van der Waals surface area contributed by atoms with Gasteiger partial charge in [0, 0.05) is 16.4 Å². The molecule has 0 aliphatic carbocycles. The lowest BCUT2D eigenvalue weighted by Crippen LogP contribution is -2.23. The Bertz CT molecular complexity index is 1030. The highest BCUT2D eigenvalue weighted by molar-refractivity contribution is 7.18. The van der Waals surface area contributed by atoms with Crippen LogP contribution in [0, 0.1) is 13.8 Å². The molecule has 27 heavy (non-hydrogen) atoms. The molecule has 0 fully saturated rings. The highest BCUT2D eigenvalue weighted by Gasteiger charge is 2.13. The Labute approximate surface area is 165 Å². The first-order valence-corrected chi connectivity index (χ1v) is 9.64. The molecule has 0 radical (unpaired) electrons. The molecule has 0 unspecified atom stereocenters. The maximum Gasteiger partial charge on any atom is 0.307 e. The average Bonchev–Trinajstić information content (AvgIpc) is 2.93. The van der Waals surface area contributed by atoms with Crippen molar-refractivity contribution in [3.8, 4) is 5.75 Å². The van der Waals surface area contributed by atoms with E-state index in [1.807, 2.05) is 13.8 Å². The van der Waals surface area contributed by atoms with Gasteiger partial charge in [0.25, 0.3) is 5.56 Å². The van der Waals surface area contributed by atoms with E-state index in [1.54, 1.807) is 24.3 Å². The van der Waals surface area contributed by atoms with Gasteiger partial charge in [0.15, 0.2) is 0 Å². The monoisotopic (exact) mass is 406 g/mol. The van der Waals surface area contributed by atoms with Crippen molar-refractivity contribution in [2.24, 2.45) is 0 Å². The van der Waals surface area contributed by atoms with Gasteiger partial charge in [-0.25, -0.2) is 4.98 Å². The van der Waals surface area contributed by atoms with Crippen molar-refractivity contribution in [1.29, 1.82) is 0 Å². The number of halogens is 1. The molecule has 6 nitrogen and oxygen atoms in total. The van der Waals surface area contributed by atoms with Gasteiger partial charge in [0.2, 0.25) is 0 Å². The van der Waals surface area contributed by atoms with Gasteiger partial charge < -0.3 is 9.47 Å². The van der Waals surface area contributed by atoms with Crippen LogP contribution in [0.1, 0.15) is 16.9 Å². The average molecular weight is 407 g/mol. The van der Waals surface area contributed by atoms with Crippen molar-refractivity contribution in [1.82, 2.24) is 9.55 Å². The number of nitrogens with zero attached hydrogens (tertiary/aromatic N) is 2. The molecule has 142 valence electrons. The zero-order valence-electron chi connectivity index (χ0n) is 15.0. The number of fused-ring (bicyclic) bond motifs is 1. The number of hydrogen-bond donors (Lipinski definition) is 0. The maximum atomic E-state index is 12.6. The van der Waals surface area contributed by atoms with E-state index in [1.165, 1.54) is 22.2 Å². The molecule has 0 aliphatic rings. The molecule has 8 heteroatoms. The molecule has 3 rings (SSSR count). The number of hydrogen-bond acceptors (Lipinski definition) is 6. The van der Waals surface area contributed by atoms with Crippen molar-refractivity contribution in [2.75, 3.05) is 13.2 Å². The summed E-state index contributed by atoms with van der Waals surface area (Å²) in [4.78, 5) is 30.6. The Kier molecular flexibility index (Phi) is 6.13. The third-order valence-electron chi connectivity index (χ3n) is 4.12. The highest BCUT2D eigenvalue weighted by atomic mass is 35.5. The molecule has 0 N–H and O–H groups in total. The summed E-state index contributed by atoms with van der Waals surface area (Å²) in [6.07, 6.45) is 1.57. The van der Waals surface area contributed by atoms with E-state index in [0.29, 0.717) is 16.2 Å². The van der Waals surface area contributed by atoms with Crippen LogP contribution in [-0.4, -0.2) is 28.7 Å². The van der Waals surface area contributed by atoms with E-state index in [0.717, 1.165) is 15.3 Å². The minimum Gasteiger partial charge on any atom is -0.490 e. The van der Waals surface area contributed by atoms with Gasteiger partial charge in [0.05, 0.1) is 18.1 Å². The minimum absolute atomic E-state index is 0.0897. The molecule has 0 spiro atoms. The van der Waals surface area contributed by atoms with E-state index < -0.39 is 5.97 Å². The fraction of sp³-hybridized carbons (Fsp3) is 0.316. The maximum absolute atomic E-state index is 12.6. The molecule has 0 atom stereocenters. The summed E-state index contributed by atoms with van der Waals surface area (Å²) in [7, 11) is 0. The smallest absolute Gasteiger partial charge is 0.307 e. The third kappa shape index (κ3) is 4.67. The molecule has 0 saturated heterocycles. The molecule has 0 aliphatic heterocycles. The minimum atomic E-state index is -0.394. The number of aromatic nitrogens is 2. The van der Waals surface area contributed by atoms with Gasteiger partial charge in [0.1, 0.15) is 23.8 Å². The van der Waals surface area contributed by atoms with E-state index in [9.17, 15) is 9.59 Å². The fourth-order valence-electron chi connectivity index (χ4n) is 2.58. The second kappa shape index (κ2) is 8.54. The van der Waals surface area contributed by atoms with Gasteiger partial charge in [-0.05, 0) is 37.6 Å². The van der Waals surface area contributed by atoms with Crippen LogP contribution in [0.15, 0.2) is 35.4 Å². The second-order valence-electron chi connectivity index (χ2n) is 5.98. The molecule has 0 bridgehead atoms. The van der Waals surface area contributed by atoms with E-state index in [2.05, 4.69) is 4.98 Å². The van der Waals surface area contributed by atoms with Crippen molar-refractivity contribution in [2.45, 2.75) is 26.8 Å². The van der Waals surface area contributed by atoms with Crippen LogP contribution in [0.3, 0.4) is 0 Å². The highest BCUT2D eigenvalue weighted by Crippen LogP contribution is 2.25. The number of carbonyl (C=O) groups is 1. The predicted molar refractivity (Wildman–Crippen MR) is 106 cm³/mol. The first kappa shape index (κ1) is 19.4. The Balaban J connectivity index is 1.49. The predicted octanol–water partition coefficient (Wildman–Crippen LogP) is 3.74. The lowest BCUT2D eigenvalue weighted by Gasteiger charge is -2.08. The summed E-state index contributed by atoms with van der Waals surface area (Å²) in [6, 6.07) is 6.99. The molecule has 0 amide bonds. The van der Waals surface area contributed by atoms with Gasteiger partial charge in [-0.1, -0.05) is 17.7 Å². The quantitative estimate of drug-likeness (QED) is 0.441. The van der Waals surface area contributed by atoms with Crippen molar-refractivity contribution < 1.29 is 14.3 Å². The van der Waals surface area contributed by atoms with Crippen LogP contribution < -0.4 is 10.3 Å². The Morgan fingerprint density at radius 3 is 2.89 bits per heavy atom. The van der Waals surface area contributed by atoms with E-state index >= 15 is 0 Å². The van der Waals surface area contributed by atoms with Gasteiger partial charge in [-0.15, -0.1) is 11.3 Å². The molecule has 2 heterocycles. The number of esters is 1. The Hall–Kier alpha value is -2.38. The summed E-state index contributed by atoms with van der Waals surface area (Å²) >= 11 is 7.37. The van der Waals surface area contributed by atoms with Gasteiger partial charge >= 0.3 is 5.97 Å². The van der Waals surface area contributed by atoms with Crippen LogP contribution in [0.4, 0.5) is 0 Å². The fourth-order valence-corrected chi connectivity index (χ4v) is 3.75. The second-order valence-corrected chi connectivity index (χ2v) is 7.62. The van der Waals surface area contributed by atoms with Gasteiger partial charge in [-0.2, -0.15) is 0 Å². The van der Waals surface area contributed by atoms with E-state index in [-0.39, 0.29) is 31.7 Å². The topological polar surface area (TPSA) is 70.4 Å². The zero-order chi connectivity index (χ0) is 19.4. The zero-order valence-corrected chi connectivity index (χ0v) is 16.6. The lowest BCUT2D eigenvalue weighted by molar-refractivity contribution is -0.144. The van der Waals surface area contributed by atoms with Crippen LogP contribution in [0.5, 0.6) is 5.75 Å². The van der Waals surface area contributed by atoms with Crippen molar-refractivity contribution in [3.05, 3.63) is 56.4 Å². The van der Waals surface area contributed by atoms with Crippen LogP contribution >= 0.6 is 22.9 Å². The first-order chi connectivity index (χ1) is 13.0. The number of benzene rings is 1. The first-order valence-electron chi connectivity index (χ1n) is 8.45. The number of aryl methyl sites for hydroxylation is 3. The SMILES string of the molecule is Cc1sc2ncn(CCC(=O)OCCOc3cccc(Cl)c3)c(=O)c2c1C. The number of ether oxygens (including phenoxy) is 2. The summed E-state index contributed by atoms with van der Waals surface area (Å²) in [5, 5.41) is 1.21. The largest absolute Gasteiger partial charge is 0.490 e. The third-order valence-corrected chi connectivity index (χ3v) is 5.47. The molecular formula is C19H19ClN2O4S. The Morgan fingerprint density at radius 2 is 2.11 bits per heavy atom. The summed E-state index contributed by atoms with van der Waals surface area (Å²) in [6.45, 7) is 4.46.